The number of fused-ring (bicyclic) bond motifs is 2. The maximum absolute atomic E-state index is 14.2. The Morgan fingerprint density at radius 3 is 2.09 bits per heavy atom. The molecule has 46 heavy (non-hydrogen) atoms. The smallest absolute Gasteiger partial charge is 0.327 e. The zero-order chi connectivity index (χ0) is 31.2. The molecular formula is C36H45ClF2N4O3. The van der Waals surface area contributed by atoms with E-state index in [2.05, 4.69) is 10.2 Å². The number of hydrogen-bond acceptors (Lipinski definition) is 4. The predicted octanol–water partition coefficient (Wildman–Crippen LogP) is 6.72. The fourth-order valence-corrected chi connectivity index (χ4v) is 8.45. The standard InChI is InChI=1S/C36H44F2N4O3.ClH/c37-36(38)18-15-28(16-19-36)32(43)39-31(27-9-5-2-6-10-27)17-20-40-29-13-14-30(40)22-35(21-29)33(44)41(23-25-7-3-1-4-8-25)34(45)42(35)24-26-11-12-26;/h1-10,26,28-31H,11-24H2,(H,39,43);1H/t29?,30?,31-,35?;/m0./s1. The van der Waals surface area contributed by atoms with Crippen LogP contribution in [0.2, 0.25) is 0 Å². The second-order valence-corrected chi connectivity index (χ2v) is 14.2. The number of nitrogens with one attached hydrogen (secondary N) is 1. The predicted molar refractivity (Wildman–Crippen MR) is 173 cm³/mol. The van der Waals surface area contributed by atoms with E-state index in [0.717, 1.165) is 43.4 Å². The highest BCUT2D eigenvalue weighted by atomic mass is 35.5. The van der Waals surface area contributed by atoms with Crippen molar-refractivity contribution >= 4 is 30.3 Å². The Bertz CT molecular complexity index is 1380. The SMILES string of the molecule is Cl.O=C(N[C@@H](CCN1C2CCC1CC1(C2)C(=O)N(Cc2ccccc2)C(=O)N1CC1CC1)c1ccccc1)C1CCC(F)(F)CC1. The Morgan fingerprint density at radius 2 is 1.48 bits per heavy atom. The van der Waals surface area contributed by atoms with Gasteiger partial charge in [0.05, 0.1) is 12.6 Å². The number of carbonyl (C=O) groups excluding carboxylic acids is 3. The highest BCUT2D eigenvalue weighted by Gasteiger charge is 2.63. The largest absolute Gasteiger partial charge is 0.349 e. The van der Waals surface area contributed by atoms with Gasteiger partial charge in [-0.25, -0.2) is 13.6 Å². The minimum atomic E-state index is -2.67. The number of rotatable bonds is 10. The molecule has 3 atom stereocenters. The molecular weight excluding hydrogens is 610 g/mol. The molecule has 1 spiro atoms. The molecule has 2 saturated carbocycles. The summed E-state index contributed by atoms with van der Waals surface area (Å²) in [5.74, 6) is -2.75. The van der Waals surface area contributed by atoms with Crippen molar-refractivity contribution in [1.82, 2.24) is 20.0 Å². The van der Waals surface area contributed by atoms with Crippen molar-refractivity contribution in [2.24, 2.45) is 11.8 Å². The summed E-state index contributed by atoms with van der Waals surface area (Å²) >= 11 is 0. The van der Waals surface area contributed by atoms with E-state index in [4.69, 9.17) is 0 Å². The molecule has 3 saturated heterocycles. The Hall–Kier alpha value is -3.04. The summed E-state index contributed by atoms with van der Waals surface area (Å²) in [4.78, 5) is 47.3. The lowest BCUT2D eigenvalue weighted by Crippen LogP contribution is -2.60. The number of nitrogens with zero attached hydrogens (tertiary/aromatic N) is 3. The van der Waals surface area contributed by atoms with E-state index in [-0.39, 0.29) is 80.0 Å². The number of hydrogen-bond donors (Lipinski definition) is 1. The normalized spacial score (nSPS) is 28.4. The van der Waals surface area contributed by atoms with Gasteiger partial charge in [0, 0.05) is 43.9 Å². The van der Waals surface area contributed by atoms with E-state index in [1.807, 2.05) is 65.6 Å². The third kappa shape index (κ3) is 6.55. The van der Waals surface area contributed by atoms with Crippen LogP contribution in [-0.4, -0.2) is 69.2 Å². The lowest BCUT2D eigenvalue weighted by molar-refractivity contribution is -0.138. The Morgan fingerprint density at radius 1 is 0.870 bits per heavy atom. The Kier molecular flexibility index (Phi) is 9.45. The number of benzene rings is 2. The van der Waals surface area contributed by atoms with E-state index in [0.29, 0.717) is 38.3 Å². The Labute approximate surface area is 276 Å². The third-order valence-corrected chi connectivity index (χ3v) is 11.1. The number of imide groups is 1. The average molecular weight is 655 g/mol. The molecule has 2 aliphatic carbocycles. The van der Waals surface area contributed by atoms with Gasteiger partial charge in [-0.2, -0.15) is 0 Å². The van der Waals surface area contributed by atoms with Crippen LogP contribution in [0.5, 0.6) is 0 Å². The first-order valence-corrected chi connectivity index (χ1v) is 16.9. The van der Waals surface area contributed by atoms with E-state index < -0.39 is 11.5 Å². The highest BCUT2D eigenvalue weighted by molar-refractivity contribution is 6.07. The summed E-state index contributed by atoms with van der Waals surface area (Å²) in [7, 11) is 0. The van der Waals surface area contributed by atoms with Gasteiger partial charge in [-0.1, -0.05) is 60.7 Å². The number of alkyl halides is 2. The summed E-state index contributed by atoms with van der Waals surface area (Å²) in [6.07, 6.45) is 6.14. The van der Waals surface area contributed by atoms with Gasteiger partial charge in [-0.15, -0.1) is 12.4 Å². The highest BCUT2D eigenvalue weighted by Crippen LogP contribution is 2.49. The van der Waals surface area contributed by atoms with E-state index >= 15 is 0 Å². The molecule has 2 unspecified atom stereocenters. The quantitative estimate of drug-likeness (QED) is 0.289. The van der Waals surface area contributed by atoms with E-state index in [1.54, 1.807) is 0 Å². The first-order valence-electron chi connectivity index (χ1n) is 16.9. The summed E-state index contributed by atoms with van der Waals surface area (Å²) in [6, 6.07) is 19.7. The fraction of sp³-hybridized carbons (Fsp3) is 0.583. The summed E-state index contributed by atoms with van der Waals surface area (Å²) < 4.78 is 27.5. The molecule has 5 aliphatic rings. The van der Waals surface area contributed by atoms with Crippen LogP contribution in [0.1, 0.15) is 87.8 Å². The van der Waals surface area contributed by atoms with Crippen LogP contribution in [0.25, 0.3) is 0 Å². The summed E-state index contributed by atoms with van der Waals surface area (Å²) in [5.41, 5.74) is 1.18. The number of piperidine rings is 1. The van der Waals surface area contributed by atoms with Crippen LogP contribution in [0.3, 0.4) is 0 Å². The molecule has 3 aliphatic heterocycles. The lowest BCUT2D eigenvalue weighted by atomic mass is 9.80. The second-order valence-electron chi connectivity index (χ2n) is 14.2. The molecule has 2 aromatic carbocycles. The van der Waals surface area contributed by atoms with Crippen LogP contribution >= 0.6 is 12.4 Å². The van der Waals surface area contributed by atoms with Gasteiger partial charge >= 0.3 is 6.03 Å². The van der Waals surface area contributed by atoms with Crippen molar-refractivity contribution < 1.29 is 23.2 Å². The summed E-state index contributed by atoms with van der Waals surface area (Å²) in [6.45, 7) is 1.72. The zero-order valence-electron chi connectivity index (χ0n) is 26.3. The third-order valence-electron chi connectivity index (χ3n) is 11.1. The van der Waals surface area contributed by atoms with Gasteiger partial charge < -0.3 is 10.2 Å². The molecule has 3 heterocycles. The Balaban J connectivity index is 0.00000372. The van der Waals surface area contributed by atoms with Crippen LogP contribution in [0.4, 0.5) is 13.6 Å². The first-order chi connectivity index (χ1) is 21.7. The summed E-state index contributed by atoms with van der Waals surface area (Å²) in [5, 5.41) is 3.22. The monoisotopic (exact) mass is 654 g/mol. The number of halogens is 3. The van der Waals surface area contributed by atoms with Crippen molar-refractivity contribution in [3.8, 4) is 0 Å². The average Bonchev–Trinajstić information content (AvgIpc) is 3.81. The van der Waals surface area contributed by atoms with Crippen molar-refractivity contribution in [2.75, 3.05) is 13.1 Å². The minimum Gasteiger partial charge on any atom is -0.349 e. The zero-order valence-corrected chi connectivity index (χ0v) is 27.1. The molecule has 248 valence electrons. The van der Waals surface area contributed by atoms with E-state index in [1.165, 1.54) is 4.90 Å². The van der Waals surface area contributed by atoms with Crippen LogP contribution < -0.4 is 5.32 Å². The minimum absolute atomic E-state index is 0. The molecule has 1 N–H and O–H groups in total. The molecule has 7 nitrogen and oxygen atoms in total. The molecule has 10 heteroatoms. The first kappa shape index (κ1) is 32.9. The van der Waals surface area contributed by atoms with E-state index in [9.17, 15) is 23.2 Å². The van der Waals surface area contributed by atoms with Gasteiger partial charge in [-0.05, 0) is 74.8 Å². The van der Waals surface area contributed by atoms with Crippen molar-refractivity contribution in [1.29, 1.82) is 0 Å². The molecule has 0 aromatic heterocycles. The fourth-order valence-electron chi connectivity index (χ4n) is 8.45. The van der Waals surface area contributed by atoms with Gasteiger partial charge in [0.15, 0.2) is 0 Å². The number of carbonyl (C=O) groups is 3. The molecule has 4 amide bonds. The topological polar surface area (TPSA) is 73.0 Å². The lowest BCUT2D eigenvalue weighted by Gasteiger charge is -2.47. The molecule has 7 rings (SSSR count). The van der Waals surface area contributed by atoms with Crippen LogP contribution in [0.15, 0.2) is 60.7 Å². The van der Waals surface area contributed by atoms with Gasteiger partial charge in [0.2, 0.25) is 11.8 Å². The van der Waals surface area contributed by atoms with Gasteiger partial charge in [0.25, 0.3) is 5.91 Å². The second kappa shape index (κ2) is 13.2. The van der Waals surface area contributed by atoms with Crippen molar-refractivity contribution in [3.05, 3.63) is 71.8 Å². The van der Waals surface area contributed by atoms with Crippen LogP contribution in [0, 0.1) is 11.8 Å². The van der Waals surface area contributed by atoms with Crippen molar-refractivity contribution in [2.45, 2.75) is 107 Å². The maximum Gasteiger partial charge on any atom is 0.327 e. The van der Waals surface area contributed by atoms with Crippen molar-refractivity contribution in [3.63, 3.8) is 0 Å². The van der Waals surface area contributed by atoms with Gasteiger partial charge in [-0.3, -0.25) is 19.4 Å². The number of urea groups is 1. The number of amides is 4. The molecule has 2 aromatic rings. The maximum atomic E-state index is 14.2. The van der Waals surface area contributed by atoms with Crippen LogP contribution in [-0.2, 0) is 16.1 Å². The molecule has 5 fully saturated rings. The van der Waals surface area contributed by atoms with Gasteiger partial charge in [0.1, 0.15) is 5.54 Å². The molecule has 2 bridgehead atoms. The molecule has 0 radical (unpaired) electrons.